The topological polar surface area (TPSA) is 18.5 Å². The number of hydrogen-bond acceptors (Lipinski definition) is 2. The molecule has 1 atom stereocenters. The molecular formula is C11H12Br2O2. The molecule has 82 valence electrons. The Balaban J connectivity index is 2.50. The van der Waals surface area contributed by atoms with Crippen LogP contribution in [-0.4, -0.2) is 20.3 Å². The fourth-order valence-electron chi connectivity index (χ4n) is 1.74. The number of benzene rings is 1. The molecule has 0 spiro atoms. The fourth-order valence-corrected chi connectivity index (χ4v) is 2.99. The molecule has 0 aliphatic carbocycles. The molecule has 0 bridgehead atoms. The summed E-state index contributed by atoms with van der Waals surface area (Å²) >= 11 is 7.21. The van der Waals surface area contributed by atoms with E-state index in [9.17, 15) is 0 Å². The molecule has 1 unspecified atom stereocenters. The summed E-state index contributed by atoms with van der Waals surface area (Å²) in [6.07, 6.45) is 0.946. The average molecular weight is 336 g/mol. The zero-order valence-electron chi connectivity index (χ0n) is 8.43. The van der Waals surface area contributed by atoms with Crippen LogP contribution in [0.3, 0.4) is 0 Å². The summed E-state index contributed by atoms with van der Waals surface area (Å²) in [6.45, 7) is 1.49. The fraction of sp³-hybridized carbons (Fsp3) is 0.455. The van der Waals surface area contributed by atoms with Crippen LogP contribution in [-0.2, 0) is 11.2 Å². The predicted molar refractivity (Wildman–Crippen MR) is 66.9 cm³/mol. The van der Waals surface area contributed by atoms with Crippen LogP contribution in [0, 0.1) is 0 Å². The minimum Gasteiger partial charge on any atom is -0.497 e. The molecule has 0 N–H and O–H groups in total. The van der Waals surface area contributed by atoms with Gasteiger partial charge in [-0.2, -0.15) is 0 Å². The minimum atomic E-state index is 0.251. The number of alkyl halides is 1. The molecule has 0 saturated carbocycles. The lowest BCUT2D eigenvalue weighted by Gasteiger charge is -2.13. The zero-order chi connectivity index (χ0) is 10.8. The van der Waals surface area contributed by atoms with E-state index < -0.39 is 0 Å². The molecule has 2 rings (SSSR count). The monoisotopic (exact) mass is 334 g/mol. The molecule has 1 aliphatic rings. The number of halogens is 2. The lowest BCUT2D eigenvalue weighted by Crippen LogP contribution is -1.99. The number of fused-ring (bicyclic) bond motifs is 1. The molecule has 2 nitrogen and oxygen atoms in total. The van der Waals surface area contributed by atoms with Gasteiger partial charge in [-0.15, -0.1) is 0 Å². The van der Waals surface area contributed by atoms with Gasteiger partial charge >= 0.3 is 0 Å². The Bertz CT molecular complexity index is 366. The van der Waals surface area contributed by atoms with Crippen LogP contribution in [0.2, 0.25) is 0 Å². The van der Waals surface area contributed by atoms with Gasteiger partial charge in [-0.25, -0.2) is 0 Å². The van der Waals surface area contributed by atoms with E-state index in [-0.39, 0.29) is 4.83 Å². The number of ether oxygens (including phenoxy) is 2. The molecule has 1 aliphatic heterocycles. The van der Waals surface area contributed by atoms with Crippen LogP contribution in [0.4, 0.5) is 0 Å². The van der Waals surface area contributed by atoms with Crippen molar-refractivity contribution in [2.24, 2.45) is 0 Å². The van der Waals surface area contributed by atoms with Gasteiger partial charge in [0.25, 0.3) is 0 Å². The molecule has 0 radical (unpaired) electrons. The van der Waals surface area contributed by atoms with E-state index in [0.717, 1.165) is 23.2 Å². The molecule has 0 aromatic heterocycles. The standard InChI is InChI=1S/C11H12Br2O2/c1-14-7-4-9-8(10(12)5-7)2-3-15-6-11(9)13/h4-5,11H,2-3,6H2,1H3. The third-order valence-corrected chi connectivity index (χ3v) is 4.00. The number of hydrogen-bond donors (Lipinski definition) is 0. The average Bonchev–Trinajstić information content (AvgIpc) is 2.41. The van der Waals surface area contributed by atoms with Crippen molar-refractivity contribution >= 4 is 31.9 Å². The van der Waals surface area contributed by atoms with Gasteiger partial charge in [-0.1, -0.05) is 31.9 Å². The van der Waals surface area contributed by atoms with Gasteiger partial charge in [0.2, 0.25) is 0 Å². The van der Waals surface area contributed by atoms with Gasteiger partial charge < -0.3 is 9.47 Å². The van der Waals surface area contributed by atoms with Crippen LogP contribution in [0.5, 0.6) is 5.75 Å². The molecule has 0 saturated heterocycles. The van der Waals surface area contributed by atoms with E-state index in [2.05, 4.69) is 37.9 Å². The second-order valence-corrected chi connectivity index (χ2v) is 5.43. The van der Waals surface area contributed by atoms with Gasteiger partial charge in [0.15, 0.2) is 0 Å². The van der Waals surface area contributed by atoms with E-state index in [1.807, 2.05) is 6.07 Å². The van der Waals surface area contributed by atoms with Gasteiger partial charge in [0.1, 0.15) is 5.75 Å². The van der Waals surface area contributed by atoms with Crippen LogP contribution in [0.25, 0.3) is 0 Å². The maximum Gasteiger partial charge on any atom is 0.120 e. The highest BCUT2D eigenvalue weighted by Crippen LogP contribution is 2.36. The minimum absolute atomic E-state index is 0.251. The van der Waals surface area contributed by atoms with Gasteiger partial charge in [0.05, 0.1) is 25.2 Å². The van der Waals surface area contributed by atoms with Gasteiger partial charge in [0, 0.05) is 4.47 Å². The summed E-state index contributed by atoms with van der Waals surface area (Å²) in [5.74, 6) is 0.881. The first-order valence-corrected chi connectivity index (χ1v) is 6.51. The Morgan fingerprint density at radius 3 is 3.00 bits per heavy atom. The lowest BCUT2D eigenvalue weighted by atomic mass is 10.0. The van der Waals surface area contributed by atoms with Crippen molar-refractivity contribution in [3.05, 3.63) is 27.7 Å². The van der Waals surface area contributed by atoms with Crippen molar-refractivity contribution in [2.45, 2.75) is 11.2 Å². The predicted octanol–water partition coefficient (Wildman–Crippen LogP) is 3.47. The third-order valence-electron chi connectivity index (χ3n) is 2.54. The number of rotatable bonds is 1. The summed E-state index contributed by atoms with van der Waals surface area (Å²) in [6, 6.07) is 4.08. The first-order chi connectivity index (χ1) is 7.22. The summed E-state index contributed by atoms with van der Waals surface area (Å²) in [5, 5.41) is 0. The Morgan fingerprint density at radius 1 is 1.47 bits per heavy atom. The first kappa shape index (κ1) is 11.4. The molecule has 0 fully saturated rings. The smallest absolute Gasteiger partial charge is 0.120 e. The molecule has 1 heterocycles. The van der Waals surface area contributed by atoms with Crippen molar-refractivity contribution in [3.8, 4) is 5.75 Å². The molecule has 15 heavy (non-hydrogen) atoms. The number of methoxy groups -OCH3 is 1. The quantitative estimate of drug-likeness (QED) is 0.732. The summed E-state index contributed by atoms with van der Waals surface area (Å²) in [7, 11) is 1.69. The van der Waals surface area contributed by atoms with Crippen molar-refractivity contribution in [2.75, 3.05) is 20.3 Å². The molecular weight excluding hydrogens is 324 g/mol. The summed E-state index contributed by atoms with van der Waals surface area (Å²) in [4.78, 5) is 0.251. The highest BCUT2D eigenvalue weighted by molar-refractivity contribution is 9.10. The summed E-state index contributed by atoms with van der Waals surface area (Å²) in [5.41, 5.74) is 2.58. The Hall–Kier alpha value is -0.0600. The highest BCUT2D eigenvalue weighted by Gasteiger charge is 2.19. The molecule has 0 amide bonds. The van der Waals surface area contributed by atoms with E-state index in [1.165, 1.54) is 11.1 Å². The van der Waals surface area contributed by atoms with Crippen LogP contribution in [0.1, 0.15) is 16.0 Å². The second-order valence-electron chi connectivity index (χ2n) is 3.47. The summed E-state index contributed by atoms with van der Waals surface area (Å²) < 4.78 is 11.9. The Labute approximate surface area is 106 Å². The van der Waals surface area contributed by atoms with E-state index in [4.69, 9.17) is 9.47 Å². The maximum absolute atomic E-state index is 5.51. The van der Waals surface area contributed by atoms with E-state index in [1.54, 1.807) is 7.11 Å². The van der Waals surface area contributed by atoms with Crippen LogP contribution in [0.15, 0.2) is 16.6 Å². The van der Waals surface area contributed by atoms with Gasteiger partial charge in [-0.05, 0) is 29.7 Å². The van der Waals surface area contributed by atoms with Crippen molar-refractivity contribution < 1.29 is 9.47 Å². The molecule has 1 aromatic carbocycles. The van der Waals surface area contributed by atoms with Crippen molar-refractivity contribution in [3.63, 3.8) is 0 Å². The molecule has 1 aromatic rings. The third kappa shape index (κ3) is 2.37. The largest absolute Gasteiger partial charge is 0.497 e. The second kappa shape index (κ2) is 4.85. The van der Waals surface area contributed by atoms with Crippen molar-refractivity contribution in [1.82, 2.24) is 0 Å². The molecule has 4 heteroatoms. The lowest BCUT2D eigenvalue weighted by molar-refractivity contribution is 0.145. The van der Waals surface area contributed by atoms with Crippen LogP contribution < -0.4 is 4.74 Å². The van der Waals surface area contributed by atoms with E-state index in [0.29, 0.717) is 6.61 Å². The van der Waals surface area contributed by atoms with E-state index >= 15 is 0 Å². The first-order valence-electron chi connectivity index (χ1n) is 4.80. The zero-order valence-corrected chi connectivity index (χ0v) is 11.6. The van der Waals surface area contributed by atoms with Gasteiger partial charge in [-0.3, -0.25) is 0 Å². The normalized spacial score (nSPS) is 20.6. The van der Waals surface area contributed by atoms with Crippen LogP contribution >= 0.6 is 31.9 Å². The Morgan fingerprint density at radius 2 is 2.27 bits per heavy atom. The highest BCUT2D eigenvalue weighted by atomic mass is 79.9. The van der Waals surface area contributed by atoms with Crippen molar-refractivity contribution in [1.29, 1.82) is 0 Å². The SMILES string of the molecule is COc1cc(Br)c2c(c1)C(Br)COCC2. The maximum atomic E-state index is 5.51. The Kier molecular flexibility index (Phi) is 3.69.